The van der Waals surface area contributed by atoms with Crippen molar-refractivity contribution in [2.75, 3.05) is 12.4 Å². The summed E-state index contributed by atoms with van der Waals surface area (Å²) in [4.78, 5) is 15.0. The van der Waals surface area contributed by atoms with Crippen molar-refractivity contribution >= 4 is 29.1 Å². The Kier molecular flexibility index (Phi) is 3.87. The molecule has 1 aromatic heterocycles. The van der Waals surface area contributed by atoms with E-state index in [0.717, 1.165) is 5.69 Å². The predicted molar refractivity (Wildman–Crippen MR) is 72.5 cm³/mol. The maximum atomic E-state index is 11.0. The maximum absolute atomic E-state index is 11.0. The molecule has 2 aromatic rings. The predicted octanol–water partition coefficient (Wildman–Crippen LogP) is 3.19. The lowest BCUT2D eigenvalue weighted by atomic mass is 10.2. The first-order valence-electron chi connectivity index (χ1n) is 5.40. The van der Waals surface area contributed by atoms with E-state index in [2.05, 4.69) is 10.3 Å². The summed E-state index contributed by atoms with van der Waals surface area (Å²) in [6.45, 7) is 0. The van der Waals surface area contributed by atoms with E-state index < -0.39 is 5.97 Å². The number of carbonyl (C=O) groups is 1. The van der Waals surface area contributed by atoms with Crippen LogP contribution in [-0.4, -0.2) is 23.2 Å². The van der Waals surface area contributed by atoms with E-state index in [9.17, 15) is 4.79 Å². The molecular formula is C13H11ClN2O3. The smallest absolute Gasteiger partial charge is 0.337 e. The highest BCUT2D eigenvalue weighted by Crippen LogP contribution is 2.23. The number of carboxylic acid groups (broad SMARTS) is 1. The van der Waals surface area contributed by atoms with Gasteiger partial charge in [-0.25, -0.2) is 9.78 Å². The third-order valence-electron chi connectivity index (χ3n) is 2.43. The number of hydrogen-bond acceptors (Lipinski definition) is 4. The fraction of sp³-hybridized carbons (Fsp3) is 0.0769. The standard InChI is InChI=1S/C13H11ClN2O3/c1-19-9-4-2-3-8(5-9)16-12-6-10(13(17)18)11(14)7-15-12/h2-7H,1H3,(H,15,16)(H,17,18). The molecule has 0 aliphatic heterocycles. The quantitative estimate of drug-likeness (QED) is 0.899. The maximum Gasteiger partial charge on any atom is 0.337 e. The van der Waals surface area contributed by atoms with Crippen LogP contribution in [0.1, 0.15) is 10.4 Å². The molecule has 0 fully saturated rings. The van der Waals surface area contributed by atoms with Crippen LogP contribution < -0.4 is 10.1 Å². The number of aromatic nitrogens is 1. The van der Waals surface area contributed by atoms with Gasteiger partial charge in [0.2, 0.25) is 0 Å². The summed E-state index contributed by atoms with van der Waals surface area (Å²) in [5.41, 5.74) is 0.743. The molecule has 2 N–H and O–H groups in total. The molecule has 0 atom stereocenters. The van der Waals surface area contributed by atoms with E-state index in [1.54, 1.807) is 13.2 Å². The highest BCUT2D eigenvalue weighted by Gasteiger charge is 2.10. The van der Waals surface area contributed by atoms with E-state index in [4.69, 9.17) is 21.4 Å². The van der Waals surface area contributed by atoms with Gasteiger partial charge in [-0.15, -0.1) is 0 Å². The van der Waals surface area contributed by atoms with Crippen molar-refractivity contribution in [2.24, 2.45) is 0 Å². The fourth-order valence-electron chi connectivity index (χ4n) is 1.52. The van der Waals surface area contributed by atoms with Gasteiger partial charge in [-0.1, -0.05) is 17.7 Å². The van der Waals surface area contributed by atoms with E-state index in [-0.39, 0.29) is 10.6 Å². The van der Waals surface area contributed by atoms with E-state index in [0.29, 0.717) is 11.6 Å². The average Bonchev–Trinajstić information content (AvgIpc) is 2.41. The molecule has 98 valence electrons. The Morgan fingerprint density at radius 3 is 2.89 bits per heavy atom. The van der Waals surface area contributed by atoms with Crippen LogP contribution in [0.5, 0.6) is 5.75 Å². The second-order valence-corrected chi connectivity index (χ2v) is 4.12. The van der Waals surface area contributed by atoms with E-state index >= 15 is 0 Å². The number of halogens is 1. The van der Waals surface area contributed by atoms with Crippen LogP contribution in [0.25, 0.3) is 0 Å². The fourth-order valence-corrected chi connectivity index (χ4v) is 1.70. The zero-order valence-electron chi connectivity index (χ0n) is 10.1. The van der Waals surface area contributed by atoms with Gasteiger partial charge in [0.15, 0.2) is 0 Å². The number of benzene rings is 1. The molecule has 5 nitrogen and oxygen atoms in total. The van der Waals surface area contributed by atoms with Crippen molar-refractivity contribution in [1.29, 1.82) is 0 Å². The summed E-state index contributed by atoms with van der Waals surface area (Å²) in [5, 5.41) is 12.1. The minimum Gasteiger partial charge on any atom is -0.497 e. The molecule has 0 aliphatic carbocycles. The zero-order chi connectivity index (χ0) is 13.8. The highest BCUT2D eigenvalue weighted by atomic mass is 35.5. The number of pyridine rings is 1. The first kappa shape index (κ1) is 13.2. The minimum atomic E-state index is -1.10. The van der Waals surface area contributed by atoms with Crippen LogP contribution in [0, 0.1) is 0 Å². The molecule has 1 heterocycles. The Hall–Kier alpha value is -2.27. The van der Waals surface area contributed by atoms with Crippen molar-refractivity contribution < 1.29 is 14.6 Å². The zero-order valence-corrected chi connectivity index (χ0v) is 10.8. The van der Waals surface area contributed by atoms with Crippen LogP contribution in [0.2, 0.25) is 5.02 Å². The largest absolute Gasteiger partial charge is 0.497 e. The van der Waals surface area contributed by atoms with Crippen molar-refractivity contribution in [2.45, 2.75) is 0 Å². The van der Waals surface area contributed by atoms with Gasteiger partial charge in [-0.2, -0.15) is 0 Å². The SMILES string of the molecule is COc1cccc(Nc2cc(C(=O)O)c(Cl)cn2)c1. The van der Waals surface area contributed by atoms with Crippen LogP contribution in [0.4, 0.5) is 11.5 Å². The van der Waals surface area contributed by atoms with Gasteiger partial charge in [-0.05, 0) is 18.2 Å². The Labute approximate surface area is 114 Å². The first-order valence-corrected chi connectivity index (χ1v) is 5.78. The van der Waals surface area contributed by atoms with Crippen LogP contribution >= 0.6 is 11.6 Å². The number of methoxy groups -OCH3 is 1. The van der Waals surface area contributed by atoms with Gasteiger partial charge >= 0.3 is 5.97 Å². The second-order valence-electron chi connectivity index (χ2n) is 3.71. The van der Waals surface area contributed by atoms with E-state index in [1.165, 1.54) is 12.3 Å². The van der Waals surface area contributed by atoms with Crippen molar-refractivity contribution in [1.82, 2.24) is 4.98 Å². The second kappa shape index (κ2) is 5.58. The summed E-state index contributed by atoms with van der Waals surface area (Å²) in [7, 11) is 1.57. The number of rotatable bonds is 4. The molecular weight excluding hydrogens is 268 g/mol. The molecule has 1 aromatic carbocycles. The number of aromatic carboxylic acids is 1. The molecule has 6 heteroatoms. The van der Waals surface area contributed by atoms with Crippen molar-refractivity contribution in [3.8, 4) is 5.75 Å². The molecule has 19 heavy (non-hydrogen) atoms. The average molecular weight is 279 g/mol. The van der Waals surface area contributed by atoms with Gasteiger partial charge in [0.1, 0.15) is 11.6 Å². The number of hydrogen-bond donors (Lipinski definition) is 2. The Balaban J connectivity index is 2.28. The molecule has 0 spiro atoms. The molecule has 0 saturated heterocycles. The molecule has 0 amide bonds. The third kappa shape index (κ3) is 3.14. The monoisotopic (exact) mass is 278 g/mol. The lowest BCUT2D eigenvalue weighted by molar-refractivity contribution is 0.0697. The first-order chi connectivity index (χ1) is 9.10. The molecule has 0 bridgehead atoms. The number of anilines is 2. The van der Waals surface area contributed by atoms with Gasteiger partial charge in [0.05, 0.1) is 17.7 Å². The summed E-state index contributed by atoms with van der Waals surface area (Å²) in [6, 6.07) is 8.60. The van der Waals surface area contributed by atoms with Gasteiger partial charge in [0.25, 0.3) is 0 Å². The third-order valence-corrected chi connectivity index (χ3v) is 2.73. The van der Waals surface area contributed by atoms with Crippen LogP contribution in [-0.2, 0) is 0 Å². The van der Waals surface area contributed by atoms with Crippen molar-refractivity contribution in [3.05, 3.63) is 47.1 Å². The molecule has 0 unspecified atom stereocenters. The summed E-state index contributed by atoms with van der Waals surface area (Å²) >= 11 is 5.75. The number of ether oxygens (including phenoxy) is 1. The summed E-state index contributed by atoms with van der Waals surface area (Å²) < 4.78 is 5.10. The number of carboxylic acids is 1. The van der Waals surface area contributed by atoms with Gasteiger partial charge < -0.3 is 15.2 Å². The highest BCUT2D eigenvalue weighted by molar-refractivity contribution is 6.33. The van der Waals surface area contributed by atoms with E-state index in [1.807, 2.05) is 18.2 Å². The Bertz CT molecular complexity index is 617. The van der Waals surface area contributed by atoms with Gasteiger partial charge in [0, 0.05) is 18.0 Å². The number of nitrogens with zero attached hydrogens (tertiary/aromatic N) is 1. The number of nitrogens with one attached hydrogen (secondary N) is 1. The minimum absolute atomic E-state index is 0.00191. The van der Waals surface area contributed by atoms with Crippen LogP contribution in [0.15, 0.2) is 36.5 Å². The molecule has 2 rings (SSSR count). The molecule has 0 radical (unpaired) electrons. The molecule has 0 saturated carbocycles. The summed E-state index contributed by atoms with van der Waals surface area (Å²) in [6.07, 6.45) is 1.30. The van der Waals surface area contributed by atoms with Gasteiger partial charge in [-0.3, -0.25) is 0 Å². The Morgan fingerprint density at radius 2 is 2.21 bits per heavy atom. The lowest BCUT2D eigenvalue weighted by Crippen LogP contribution is -2.01. The topological polar surface area (TPSA) is 71.5 Å². The van der Waals surface area contributed by atoms with Crippen molar-refractivity contribution in [3.63, 3.8) is 0 Å². The summed E-state index contributed by atoms with van der Waals surface area (Å²) in [5.74, 6) is -0.00596. The lowest BCUT2D eigenvalue weighted by Gasteiger charge is -2.08. The normalized spacial score (nSPS) is 10.0. The Morgan fingerprint density at radius 1 is 1.42 bits per heavy atom. The van der Waals surface area contributed by atoms with Crippen LogP contribution in [0.3, 0.4) is 0 Å². The molecule has 0 aliphatic rings.